The van der Waals surface area contributed by atoms with E-state index >= 15 is 0 Å². The Morgan fingerprint density at radius 3 is 2.67 bits per heavy atom. The van der Waals surface area contributed by atoms with Crippen molar-refractivity contribution in [2.24, 2.45) is 5.41 Å². The third kappa shape index (κ3) is 4.99. The summed E-state index contributed by atoms with van der Waals surface area (Å²) in [7, 11) is 2.25. The van der Waals surface area contributed by atoms with Crippen LogP contribution in [-0.2, 0) is 6.54 Å². The average Bonchev–Trinajstić information content (AvgIpc) is 2.45. The molecule has 0 saturated heterocycles. The van der Waals surface area contributed by atoms with Crippen molar-refractivity contribution in [3.05, 3.63) is 23.9 Å². The van der Waals surface area contributed by atoms with Crippen LogP contribution in [0.2, 0.25) is 0 Å². The van der Waals surface area contributed by atoms with Gasteiger partial charge in [0, 0.05) is 19.1 Å². The van der Waals surface area contributed by atoms with Crippen molar-refractivity contribution in [1.82, 2.24) is 9.88 Å². The number of rotatable bonds is 6. The molecule has 118 valence electrons. The minimum Gasteiger partial charge on any atom is -0.370 e. The molecular weight excluding hydrogens is 258 g/mol. The summed E-state index contributed by atoms with van der Waals surface area (Å²) in [6, 6.07) is 7.02. The van der Waals surface area contributed by atoms with Crippen LogP contribution in [0.15, 0.2) is 18.2 Å². The van der Waals surface area contributed by atoms with E-state index in [1.165, 1.54) is 31.4 Å². The second-order valence-electron chi connectivity index (χ2n) is 7.25. The van der Waals surface area contributed by atoms with Gasteiger partial charge in [0.25, 0.3) is 0 Å². The van der Waals surface area contributed by atoms with E-state index in [2.05, 4.69) is 56.2 Å². The summed E-state index contributed by atoms with van der Waals surface area (Å²) in [4.78, 5) is 7.21. The summed E-state index contributed by atoms with van der Waals surface area (Å²) >= 11 is 0. The smallest absolute Gasteiger partial charge is 0.126 e. The Hall–Kier alpha value is -1.09. The lowest BCUT2D eigenvalue weighted by molar-refractivity contribution is 0.122. The maximum absolute atomic E-state index is 4.72. The monoisotopic (exact) mass is 289 g/mol. The first kappa shape index (κ1) is 16.3. The molecule has 1 heterocycles. The highest BCUT2D eigenvalue weighted by Gasteiger charge is 2.28. The first-order valence-corrected chi connectivity index (χ1v) is 8.40. The van der Waals surface area contributed by atoms with Crippen LogP contribution in [0, 0.1) is 5.41 Å². The molecule has 1 aliphatic carbocycles. The van der Waals surface area contributed by atoms with Crippen LogP contribution in [0.1, 0.15) is 58.6 Å². The Morgan fingerprint density at radius 2 is 2.00 bits per heavy atom. The normalized spacial score (nSPS) is 18.9. The van der Waals surface area contributed by atoms with Crippen molar-refractivity contribution in [1.29, 1.82) is 0 Å². The molecule has 1 N–H and O–H groups in total. The van der Waals surface area contributed by atoms with Gasteiger partial charge in [-0.25, -0.2) is 4.98 Å². The molecule has 0 aromatic carbocycles. The van der Waals surface area contributed by atoms with Crippen LogP contribution >= 0.6 is 0 Å². The highest BCUT2D eigenvalue weighted by atomic mass is 15.1. The molecule has 1 aromatic heterocycles. The lowest BCUT2D eigenvalue weighted by atomic mass is 9.75. The minimum atomic E-state index is 0.541. The van der Waals surface area contributed by atoms with Crippen molar-refractivity contribution < 1.29 is 0 Å². The molecule has 1 aliphatic rings. The fourth-order valence-corrected chi connectivity index (χ4v) is 3.13. The van der Waals surface area contributed by atoms with Gasteiger partial charge in [0.15, 0.2) is 0 Å². The topological polar surface area (TPSA) is 28.2 Å². The molecule has 3 nitrogen and oxygen atoms in total. The maximum Gasteiger partial charge on any atom is 0.126 e. The van der Waals surface area contributed by atoms with Crippen LogP contribution in [0.4, 0.5) is 5.82 Å². The summed E-state index contributed by atoms with van der Waals surface area (Å²) in [6.07, 6.45) is 6.44. The van der Waals surface area contributed by atoms with E-state index in [0.29, 0.717) is 11.5 Å². The van der Waals surface area contributed by atoms with Crippen LogP contribution in [-0.4, -0.2) is 29.5 Å². The molecule has 0 amide bonds. The zero-order valence-corrected chi connectivity index (χ0v) is 14.2. The number of hydrogen-bond acceptors (Lipinski definition) is 3. The highest BCUT2D eigenvalue weighted by molar-refractivity contribution is 5.35. The molecular formula is C18H31N3. The SMILES string of the molecule is CCCNc1cccc(CN(C)C2CCC(C)(C)CC2)n1. The fourth-order valence-electron chi connectivity index (χ4n) is 3.13. The van der Waals surface area contributed by atoms with E-state index < -0.39 is 0 Å². The number of aromatic nitrogens is 1. The molecule has 21 heavy (non-hydrogen) atoms. The van der Waals surface area contributed by atoms with Gasteiger partial charge < -0.3 is 5.32 Å². The summed E-state index contributed by atoms with van der Waals surface area (Å²) in [6.45, 7) is 8.91. The largest absolute Gasteiger partial charge is 0.370 e. The zero-order valence-electron chi connectivity index (χ0n) is 14.2. The molecule has 1 aromatic rings. The second kappa shape index (κ2) is 7.26. The van der Waals surface area contributed by atoms with Gasteiger partial charge in [-0.2, -0.15) is 0 Å². The minimum absolute atomic E-state index is 0.541. The predicted octanol–water partition coefficient (Wildman–Crippen LogP) is 4.30. The fraction of sp³-hybridized carbons (Fsp3) is 0.722. The van der Waals surface area contributed by atoms with Gasteiger partial charge in [-0.1, -0.05) is 26.8 Å². The molecule has 0 radical (unpaired) electrons. The Kier molecular flexibility index (Phi) is 5.63. The molecule has 3 heteroatoms. The van der Waals surface area contributed by atoms with Gasteiger partial charge in [0.05, 0.1) is 5.69 Å². The van der Waals surface area contributed by atoms with Crippen molar-refractivity contribution in [2.45, 2.75) is 65.5 Å². The molecule has 1 saturated carbocycles. The van der Waals surface area contributed by atoms with Crippen molar-refractivity contribution >= 4 is 5.82 Å². The Labute approximate surface area is 130 Å². The summed E-state index contributed by atoms with van der Waals surface area (Å²) in [5.74, 6) is 1.01. The third-order valence-electron chi connectivity index (χ3n) is 4.71. The van der Waals surface area contributed by atoms with Crippen LogP contribution < -0.4 is 5.32 Å². The quantitative estimate of drug-likeness (QED) is 0.846. The summed E-state index contributed by atoms with van der Waals surface area (Å²) < 4.78 is 0. The Balaban J connectivity index is 1.89. The average molecular weight is 289 g/mol. The third-order valence-corrected chi connectivity index (χ3v) is 4.71. The van der Waals surface area contributed by atoms with Gasteiger partial charge in [-0.05, 0) is 56.7 Å². The number of pyridine rings is 1. The van der Waals surface area contributed by atoms with Crippen LogP contribution in [0.5, 0.6) is 0 Å². The molecule has 2 rings (SSSR count). The van der Waals surface area contributed by atoms with Gasteiger partial charge in [-0.15, -0.1) is 0 Å². The van der Waals surface area contributed by atoms with Crippen molar-refractivity contribution in [3.63, 3.8) is 0 Å². The van der Waals surface area contributed by atoms with E-state index in [-0.39, 0.29) is 0 Å². The molecule has 0 unspecified atom stereocenters. The van der Waals surface area contributed by atoms with Gasteiger partial charge >= 0.3 is 0 Å². The number of anilines is 1. The molecule has 0 aliphatic heterocycles. The van der Waals surface area contributed by atoms with Crippen molar-refractivity contribution in [2.75, 3.05) is 18.9 Å². The predicted molar refractivity (Wildman–Crippen MR) is 90.5 cm³/mol. The van der Waals surface area contributed by atoms with E-state index in [9.17, 15) is 0 Å². The van der Waals surface area contributed by atoms with E-state index in [4.69, 9.17) is 4.98 Å². The van der Waals surface area contributed by atoms with Crippen LogP contribution in [0.25, 0.3) is 0 Å². The van der Waals surface area contributed by atoms with E-state index in [1.54, 1.807) is 0 Å². The number of nitrogens with one attached hydrogen (secondary N) is 1. The highest BCUT2D eigenvalue weighted by Crippen LogP contribution is 2.36. The summed E-state index contributed by atoms with van der Waals surface area (Å²) in [5, 5.41) is 3.37. The maximum atomic E-state index is 4.72. The number of hydrogen-bond donors (Lipinski definition) is 1. The van der Waals surface area contributed by atoms with Gasteiger partial charge in [0.2, 0.25) is 0 Å². The van der Waals surface area contributed by atoms with Gasteiger partial charge in [0.1, 0.15) is 5.82 Å². The standard InChI is InChI=1S/C18H31N3/c1-5-13-19-17-8-6-7-15(20-17)14-21(4)16-9-11-18(2,3)12-10-16/h6-8,16H,5,9-14H2,1-4H3,(H,19,20). The van der Waals surface area contributed by atoms with Crippen LogP contribution in [0.3, 0.4) is 0 Å². The molecule has 0 bridgehead atoms. The Morgan fingerprint density at radius 1 is 1.29 bits per heavy atom. The number of nitrogens with zero attached hydrogens (tertiary/aromatic N) is 2. The first-order valence-electron chi connectivity index (χ1n) is 8.40. The second-order valence-corrected chi connectivity index (χ2v) is 7.25. The lowest BCUT2D eigenvalue weighted by Crippen LogP contribution is -2.36. The molecule has 0 spiro atoms. The van der Waals surface area contributed by atoms with E-state index in [0.717, 1.165) is 25.3 Å². The summed E-state index contributed by atoms with van der Waals surface area (Å²) in [5.41, 5.74) is 1.71. The zero-order chi connectivity index (χ0) is 15.3. The molecule has 0 atom stereocenters. The Bertz CT molecular complexity index is 432. The van der Waals surface area contributed by atoms with Crippen molar-refractivity contribution in [3.8, 4) is 0 Å². The lowest BCUT2D eigenvalue weighted by Gasteiger charge is -2.38. The van der Waals surface area contributed by atoms with E-state index in [1.807, 2.05) is 0 Å². The first-order chi connectivity index (χ1) is 10.00. The molecule has 1 fully saturated rings. The van der Waals surface area contributed by atoms with Gasteiger partial charge in [-0.3, -0.25) is 4.90 Å².